The normalized spacial score (nSPS) is 11.6. The van der Waals surface area contributed by atoms with Crippen LogP contribution in [-0.4, -0.2) is 18.6 Å². The van der Waals surface area contributed by atoms with Gasteiger partial charge in [-0.15, -0.1) is 0 Å². The molecule has 0 aliphatic rings. The van der Waals surface area contributed by atoms with Gasteiger partial charge in [-0.3, -0.25) is 4.79 Å². The van der Waals surface area contributed by atoms with Crippen molar-refractivity contribution in [3.63, 3.8) is 0 Å². The Hall–Kier alpha value is -2.20. The molecule has 2 aromatic carbocycles. The van der Waals surface area contributed by atoms with E-state index in [9.17, 15) is 4.79 Å². The average molecular weight is 334 g/mol. The van der Waals surface area contributed by atoms with Crippen molar-refractivity contribution in [2.24, 2.45) is 0 Å². The summed E-state index contributed by atoms with van der Waals surface area (Å²) in [4.78, 5) is 12.1. The first-order valence-electron chi connectivity index (χ1n) is 7.54. The van der Waals surface area contributed by atoms with Gasteiger partial charge in [0.25, 0.3) is 5.91 Å². The molecular formula is C18H20ClNO3. The molecule has 0 aromatic heterocycles. The molecule has 0 heterocycles. The molecule has 5 heteroatoms. The topological polar surface area (TPSA) is 47.6 Å². The van der Waals surface area contributed by atoms with Gasteiger partial charge in [0.05, 0.1) is 6.61 Å². The smallest absolute Gasteiger partial charge is 0.265 e. The summed E-state index contributed by atoms with van der Waals surface area (Å²) in [5.74, 6) is 1.16. The highest BCUT2D eigenvalue weighted by atomic mass is 35.5. The van der Waals surface area contributed by atoms with Crippen LogP contribution >= 0.6 is 11.6 Å². The SMILES string of the molecule is CCCOc1ccc(NC(=O)C(C)Oc2ccc(Cl)cc2)cc1. The third-order valence-electron chi connectivity index (χ3n) is 3.09. The van der Waals surface area contributed by atoms with Crippen LogP contribution < -0.4 is 14.8 Å². The predicted octanol–water partition coefficient (Wildman–Crippen LogP) is 4.53. The molecule has 0 radical (unpaired) electrons. The Morgan fingerprint density at radius 3 is 2.30 bits per heavy atom. The summed E-state index contributed by atoms with van der Waals surface area (Å²) in [6.45, 7) is 4.43. The van der Waals surface area contributed by atoms with Crippen LogP contribution in [0.2, 0.25) is 5.02 Å². The van der Waals surface area contributed by atoms with Crippen LogP contribution in [0.1, 0.15) is 20.3 Å². The fraction of sp³-hybridized carbons (Fsp3) is 0.278. The molecular weight excluding hydrogens is 314 g/mol. The lowest BCUT2D eigenvalue weighted by Crippen LogP contribution is -2.30. The Morgan fingerprint density at radius 1 is 1.09 bits per heavy atom. The molecule has 1 amide bonds. The molecule has 2 rings (SSSR count). The lowest BCUT2D eigenvalue weighted by atomic mass is 10.2. The van der Waals surface area contributed by atoms with E-state index in [1.54, 1.807) is 43.3 Å². The van der Waals surface area contributed by atoms with Crippen LogP contribution in [0, 0.1) is 0 Å². The summed E-state index contributed by atoms with van der Waals surface area (Å²) in [6, 6.07) is 14.2. The highest BCUT2D eigenvalue weighted by Gasteiger charge is 2.14. The minimum atomic E-state index is -0.618. The number of ether oxygens (including phenoxy) is 2. The third-order valence-corrected chi connectivity index (χ3v) is 3.34. The van der Waals surface area contributed by atoms with Gasteiger partial charge in [0.1, 0.15) is 11.5 Å². The first-order chi connectivity index (χ1) is 11.1. The fourth-order valence-electron chi connectivity index (χ4n) is 1.87. The van der Waals surface area contributed by atoms with Crippen LogP contribution in [-0.2, 0) is 4.79 Å². The predicted molar refractivity (Wildman–Crippen MR) is 92.4 cm³/mol. The van der Waals surface area contributed by atoms with E-state index < -0.39 is 6.10 Å². The number of amides is 1. The lowest BCUT2D eigenvalue weighted by Gasteiger charge is -2.15. The van der Waals surface area contributed by atoms with Gasteiger partial charge in [-0.2, -0.15) is 0 Å². The van der Waals surface area contributed by atoms with Crippen molar-refractivity contribution in [1.82, 2.24) is 0 Å². The van der Waals surface area contributed by atoms with Crippen molar-refractivity contribution in [3.05, 3.63) is 53.6 Å². The summed E-state index contributed by atoms with van der Waals surface area (Å²) in [7, 11) is 0. The molecule has 1 unspecified atom stereocenters. The minimum Gasteiger partial charge on any atom is -0.494 e. The third kappa shape index (κ3) is 5.49. The Labute approximate surface area is 141 Å². The van der Waals surface area contributed by atoms with Crippen molar-refractivity contribution < 1.29 is 14.3 Å². The lowest BCUT2D eigenvalue weighted by molar-refractivity contribution is -0.122. The second-order valence-electron chi connectivity index (χ2n) is 5.08. The number of hydrogen-bond donors (Lipinski definition) is 1. The summed E-state index contributed by atoms with van der Waals surface area (Å²) >= 11 is 5.82. The number of carbonyl (C=O) groups is 1. The minimum absolute atomic E-state index is 0.220. The zero-order valence-corrected chi connectivity index (χ0v) is 14.0. The van der Waals surface area contributed by atoms with E-state index in [1.165, 1.54) is 0 Å². The second-order valence-corrected chi connectivity index (χ2v) is 5.51. The molecule has 4 nitrogen and oxygen atoms in total. The summed E-state index contributed by atoms with van der Waals surface area (Å²) in [6.07, 6.45) is 0.338. The van der Waals surface area contributed by atoms with Gasteiger partial charge in [0.2, 0.25) is 0 Å². The maximum Gasteiger partial charge on any atom is 0.265 e. The average Bonchev–Trinajstić information content (AvgIpc) is 2.56. The van der Waals surface area contributed by atoms with E-state index in [1.807, 2.05) is 12.1 Å². The Morgan fingerprint density at radius 2 is 1.70 bits per heavy atom. The van der Waals surface area contributed by atoms with Gasteiger partial charge in [0, 0.05) is 10.7 Å². The van der Waals surface area contributed by atoms with E-state index in [4.69, 9.17) is 21.1 Å². The molecule has 0 fully saturated rings. The van der Waals surface area contributed by atoms with Gasteiger partial charge in [0.15, 0.2) is 6.10 Å². The number of rotatable bonds is 7. The standard InChI is InChI=1S/C18H20ClNO3/c1-3-12-22-16-10-6-15(7-11-16)20-18(21)13(2)23-17-8-4-14(19)5-9-17/h4-11,13H,3,12H2,1-2H3,(H,20,21). The first kappa shape index (κ1) is 17.2. The van der Waals surface area contributed by atoms with Crippen molar-refractivity contribution in [1.29, 1.82) is 0 Å². The van der Waals surface area contributed by atoms with Crippen molar-refractivity contribution >= 4 is 23.2 Å². The van der Waals surface area contributed by atoms with Crippen LogP contribution in [0.4, 0.5) is 5.69 Å². The van der Waals surface area contributed by atoms with Crippen LogP contribution in [0.5, 0.6) is 11.5 Å². The second kappa shape index (κ2) is 8.44. The van der Waals surface area contributed by atoms with Crippen LogP contribution in [0.3, 0.4) is 0 Å². The molecule has 0 bridgehead atoms. The molecule has 1 N–H and O–H groups in total. The molecule has 23 heavy (non-hydrogen) atoms. The van der Waals surface area contributed by atoms with E-state index in [0.29, 0.717) is 23.1 Å². The van der Waals surface area contributed by atoms with Gasteiger partial charge < -0.3 is 14.8 Å². The van der Waals surface area contributed by atoms with E-state index in [0.717, 1.165) is 12.2 Å². The molecule has 2 aromatic rings. The number of carbonyl (C=O) groups excluding carboxylic acids is 1. The van der Waals surface area contributed by atoms with Gasteiger partial charge in [-0.05, 0) is 61.9 Å². The maximum atomic E-state index is 12.1. The number of anilines is 1. The first-order valence-corrected chi connectivity index (χ1v) is 7.92. The maximum absolute atomic E-state index is 12.1. The Bertz CT molecular complexity index is 626. The highest BCUT2D eigenvalue weighted by Crippen LogP contribution is 2.18. The van der Waals surface area contributed by atoms with E-state index in [2.05, 4.69) is 12.2 Å². The molecule has 122 valence electrons. The fourth-order valence-corrected chi connectivity index (χ4v) is 2.00. The van der Waals surface area contributed by atoms with Crippen LogP contribution in [0.25, 0.3) is 0 Å². The molecule has 0 saturated heterocycles. The zero-order chi connectivity index (χ0) is 16.7. The van der Waals surface area contributed by atoms with E-state index in [-0.39, 0.29) is 5.91 Å². The molecule has 0 aliphatic carbocycles. The van der Waals surface area contributed by atoms with Gasteiger partial charge in [-0.1, -0.05) is 18.5 Å². The summed E-state index contributed by atoms with van der Waals surface area (Å²) < 4.78 is 11.1. The van der Waals surface area contributed by atoms with Gasteiger partial charge in [-0.25, -0.2) is 0 Å². The molecule has 0 spiro atoms. The van der Waals surface area contributed by atoms with E-state index >= 15 is 0 Å². The van der Waals surface area contributed by atoms with Crippen molar-refractivity contribution in [2.75, 3.05) is 11.9 Å². The van der Waals surface area contributed by atoms with Crippen LogP contribution in [0.15, 0.2) is 48.5 Å². The largest absolute Gasteiger partial charge is 0.494 e. The molecule has 0 aliphatic heterocycles. The quantitative estimate of drug-likeness (QED) is 0.809. The van der Waals surface area contributed by atoms with Crippen molar-refractivity contribution in [2.45, 2.75) is 26.4 Å². The molecule has 0 saturated carbocycles. The number of nitrogens with one attached hydrogen (secondary N) is 1. The Balaban J connectivity index is 1.88. The molecule has 1 atom stereocenters. The van der Waals surface area contributed by atoms with Gasteiger partial charge >= 0.3 is 0 Å². The summed E-state index contributed by atoms with van der Waals surface area (Å²) in [5.41, 5.74) is 0.699. The number of hydrogen-bond acceptors (Lipinski definition) is 3. The number of halogens is 1. The number of benzene rings is 2. The highest BCUT2D eigenvalue weighted by molar-refractivity contribution is 6.30. The summed E-state index contributed by atoms with van der Waals surface area (Å²) in [5, 5.41) is 3.44. The monoisotopic (exact) mass is 333 g/mol. The Kier molecular flexibility index (Phi) is 6.29. The van der Waals surface area contributed by atoms with Crippen molar-refractivity contribution in [3.8, 4) is 11.5 Å². The zero-order valence-electron chi connectivity index (χ0n) is 13.2.